The molecule has 0 aliphatic carbocycles. The predicted octanol–water partition coefficient (Wildman–Crippen LogP) is 5.49. The first-order valence-electron chi connectivity index (χ1n) is 6.60. The van der Waals surface area contributed by atoms with Crippen molar-refractivity contribution in [3.63, 3.8) is 0 Å². The number of thiol groups is 1. The quantitative estimate of drug-likeness (QED) is 0.444. The van der Waals surface area contributed by atoms with Crippen molar-refractivity contribution in [2.45, 2.75) is 23.9 Å². The lowest BCUT2D eigenvalue weighted by Gasteiger charge is -2.10. The highest BCUT2D eigenvalue weighted by Gasteiger charge is 2.29. The Morgan fingerprint density at radius 1 is 1.05 bits per heavy atom. The van der Waals surface area contributed by atoms with Crippen LogP contribution < -0.4 is 0 Å². The van der Waals surface area contributed by atoms with Crippen molar-refractivity contribution in [2.24, 2.45) is 0 Å². The summed E-state index contributed by atoms with van der Waals surface area (Å²) in [6.07, 6.45) is 0.933. The van der Waals surface area contributed by atoms with Crippen molar-refractivity contribution in [2.75, 3.05) is 0 Å². The third-order valence-electron chi connectivity index (χ3n) is 2.84. The standard InChI is InChI=1S/C10H10Cl2OS.C7H8/c1-2-7-3-5-8(6-4-7)9(13)10(11,12)14;1-7-5-3-2-4-6-7/h3-6,14H,2H2,1H3;2-6H,1H3. The summed E-state index contributed by atoms with van der Waals surface area (Å²) >= 11 is 14.9. The number of carbonyl (C=O) groups is 1. The van der Waals surface area contributed by atoms with Gasteiger partial charge in [-0.1, -0.05) is 90.3 Å². The van der Waals surface area contributed by atoms with Gasteiger partial charge >= 0.3 is 0 Å². The Morgan fingerprint density at radius 2 is 1.57 bits per heavy atom. The number of rotatable bonds is 3. The van der Waals surface area contributed by atoms with Crippen molar-refractivity contribution >= 4 is 41.6 Å². The van der Waals surface area contributed by atoms with Gasteiger partial charge in [-0.15, -0.1) is 12.6 Å². The van der Waals surface area contributed by atoms with Crippen LogP contribution in [0.5, 0.6) is 0 Å². The van der Waals surface area contributed by atoms with Crippen LogP contribution in [0.2, 0.25) is 0 Å². The van der Waals surface area contributed by atoms with E-state index in [-0.39, 0.29) is 0 Å². The number of ketones is 1. The van der Waals surface area contributed by atoms with Gasteiger partial charge in [0.15, 0.2) is 0 Å². The number of carbonyl (C=O) groups excluding carboxylic acids is 1. The molecule has 0 spiro atoms. The van der Waals surface area contributed by atoms with E-state index < -0.39 is 9.45 Å². The number of hydrogen-bond acceptors (Lipinski definition) is 2. The van der Waals surface area contributed by atoms with E-state index in [1.165, 1.54) is 5.56 Å². The van der Waals surface area contributed by atoms with Gasteiger partial charge in [-0.25, -0.2) is 0 Å². The van der Waals surface area contributed by atoms with Crippen LogP contribution in [0.25, 0.3) is 0 Å². The molecule has 0 N–H and O–H groups in total. The molecule has 0 aliphatic heterocycles. The van der Waals surface area contributed by atoms with E-state index in [4.69, 9.17) is 23.2 Å². The fourth-order valence-electron chi connectivity index (χ4n) is 1.60. The monoisotopic (exact) mass is 340 g/mol. The Labute approximate surface area is 141 Å². The Kier molecular flexibility index (Phi) is 7.30. The highest BCUT2D eigenvalue weighted by Crippen LogP contribution is 2.29. The molecule has 2 rings (SSSR count). The number of aryl methyl sites for hydroxylation is 2. The molecule has 0 saturated carbocycles. The van der Waals surface area contributed by atoms with Crippen molar-refractivity contribution in [3.05, 3.63) is 71.3 Å². The summed E-state index contributed by atoms with van der Waals surface area (Å²) in [5.74, 6) is -0.396. The summed E-state index contributed by atoms with van der Waals surface area (Å²) in [6.45, 7) is 4.13. The Balaban J connectivity index is 0.000000262. The number of alkyl halides is 2. The number of hydrogen-bond donors (Lipinski definition) is 1. The smallest absolute Gasteiger partial charge is 0.222 e. The van der Waals surface area contributed by atoms with E-state index in [0.29, 0.717) is 5.56 Å². The topological polar surface area (TPSA) is 17.1 Å². The van der Waals surface area contributed by atoms with Gasteiger partial charge in [0.25, 0.3) is 0 Å². The highest BCUT2D eigenvalue weighted by atomic mass is 35.5. The molecule has 1 nitrogen and oxygen atoms in total. The minimum Gasteiger partial charge on any atom is -0.290 e. The van der Waals surface area contributed by atoms with Crippen molar-refractivity contribution < 1.29 is 4.79 Å². The molecule has 0 saturated heterocycles. The number of Topliss-reactive ketones (excluding diaryl/α,β-unsaturated/α-hetero) is 1. The second-order valence-corrected chi connectivity index (χ2v) is 7.10. The SMILES string of the molecule is CCc1ccc(C(=O)C(S)(Cl)Cl)cc1.Cc1ccccc1. The van der Waals surface area contributed by atoms with Gasteiger partial charge in [-0.2, -0.15) is 0 Å². The summed E-state index contributed by atoms with van der Waals surface area (Å²) in [4.78, 5) is 11.5. The maximum atomic E-state index is 11.5. The minimum absolute atomic E-state index is 0.396. The maximum absolute atomic E-state index is 11.5. The van der Waals surface area contributed by atoms with E-state index in [0.717, 1.165) is 12.0 Å². The molecule has 0 aromatic heterocycles. The predicted molar refractivity (Wildman–Crippen MR) is 94.8 cm³/mol. The average Bonchev–Trinajstić information content (AvgIpc) is 2.47. The average molecular weight is 341 g/mol. The molecule has 0 fully saturated rings. The lowest BCUT2D eigenvalue weighted by molar-refractivity contribution is 0.0999. The van der Waals surface area contributed by atoms with E-state index in [2.05, 4.69) is 31.7 Å². The van der Waals surface area contributed by atoms with Crippen LogP contribution in [0.4, 0.5) is 0 Å². The molecule has 0 aliphatic rings. The second kappa shape index (κ2) is 8.47. The molecule has 0 radical (unpaired) electrons. The van der Waals surface area contributed by atoms with Gasteiger partial charge in [0.1, 0.15) is 0 Å². The van der Waals surface area contributed by atoms with Crippen molar-refractivity contribution in [1.82, 2.24) is 0 Å². The zero-order valence-electron chi connectivity index (χ0n) is 12.0. The van der Waals surface area contributed by atoms with E-state index in [1.807, 2.05) is 37.3 Å². The van der Waals surface area contributed by atoms with Crippen LogP contribution in [0.3, 0.4) is 0 Å². The highest BCUT2D eigenvalue weighted by molar-refractivity contribution is 7.86. The van der Waals surface area contributed by atoms with Crippen molar-refractivity contribution in [1.29, 1.82) is 0 Å². The first-order chi connectivity index (χ1) is 9.84. The van der Waals surface area contributed by atoms with Gasteiger partial charge in [-0.3, -0.25) is 4.79 Å². The molecule has 0 heterocycles. The fourth-order valence-corrected chi connectivity index (χ4v) is 1.95. The van der Waals surface area contributed by atoms with Gasteiger partial charge in [0.2, 0.25) is 9.45 Å². The minimum atomic E-state index is -1.65. The summed E-state index contributed by atoms with van der Waals surface area (Å²) < 4.78 is -1.65. The maximum Gasteiger partial charge on any atom is 0.222 e. The fraction of sp³-hybridized carbons (Fsp3) is 0.235. The summed E-state index contributed by atoms with van der Waals surface area (Å²) in [7, 11) is 0. The molecule has 112 valence electrons. The van der Waals surface area contributed by atoms with Gasteiger partial charge in [0, 0.05) is 5.56 Å². The van der Waals surface area contributed by atoms with Crippen LogP contribution in [0.15, 0.2) is 54.6 Å². The Hall–Kier alpha value is -0.960. The summed E-state index contributed by atoms with van der Waals surface area (Å²) in [5, 5.41) is 0. The van der Waals surface area contributed by atoms with E-state index in [1.54, 1.807) is 12.1 Å². The normalized spacial score (nSPS) is 10.5. The molecule has 4 heteroatoms. The molecule has 2 aromatic rings. The molecular formula is C17H18Cl2OS. The van der Waals surface area contributed by atoms with E-state index >= 15 is 0 Å². The third-order valence-corrected chi connectivity index (χ3v) is 3.38. The van der Waals surface area contributed by atoms with Gasteiger partial charge in [-0.05, 0) is 18.9 Å². The summed E-state index contributed by atoms with van der Waals surface area (Å²) in [5.41, 5.74) is 2.96. The molecular weight excluding hydrogens is 323 g/mol. The molecule has 0 atom stereocenters. The molecule has 0 amide bonds. The molecule has 21 heavy (non-hydrogen) atoms. The largest absolute Gasteiger partial charge is 0.290 e. The number of benzene rings is 2. The second-order valence-electron chi connectivity index (χ2n) is 4.58. The first kappa shape index (κ1) is 18.1. The van der Waals surface area contributed by atoms with Crippen LogP contribution in [0, 0.1) is 6.92 Å². The van der Waals surface area contributed by atoms with Crippen molar-refractivity contribution in [3.8, 4) is 0 Å². The van der Waals surface area contributed by atoms with E-state index in [9.17, 15) is 4.79 Å². The van der Waals surface area contributed by atoms with Crippen LogP contribution in [-0.4, -0.2) is 9.45 Å². The van der Waals surface area contributed by atoms with Crippen LogP contribution in [-0.2, 0) is 6.42 Å². The Bertz CT molecular complexity index is 560. The first-order valence-corrected chi connectivity index (χ1v) is 7.80. The summed E-state index contributed by atoms with van der Waals surface area (Å²) in [6, 6.07) is 17.4. The number of halogens is 2. The third kappa shape index (κ3) is 6.56. The zero-order valence-corrected chi connectivity index (χ0v) is 14.4. The van der Waals surface area contributed by atoms with Crippen LogP contribution >= 0.6 is 35.8 Å². The zero-order chi connectivity index (χ0) is 15.9. The van der Waals surface area contributed by atoms with Gasteiger partial charge in [0.05, 0.1) is 0 Å². The lowest BCUT2D eigenvalue weighted by Crippen LogP contribution is -2.18. The molecule has 0 unspecified atom stereocenters. The molecule has 0 bridgehead atoms. The van der Waals surface area contributed by atoms with Gasteiger partial charge < -0.3 is 0 Å². The van der Waals surface area contributed by atoms with Crippen LogP contribution in [0.1, 0.15) is 28.4 Å². The lowest BCUT2D eigenvalue weighted by atomic mass is 10.1. The Morgan fingerprint density at radius 3 is 1.90 bits per heavy atom. The molecule has 2 aromatic carbocycles.